The first-order valence-electron chi connectivity index (χ1n) is 9.32. The lowest BCUT2D eigenvalue weighted by molar-refractivity contribution is -0.241. The molecule has 1 saturated heterocycles. The third-order valence-corrected chi connectivity index (χ3v) is 4.46. The third kappa shape index (κ3) is 6.70. The van der Waals surface area contributed by atoms with Crippen molar-refractivity contribution in [2.45, 2.75) is 63.6 Å². The van der Waals surface area contributed by atoms with E-state index in [0.29, 0.717) is 6.42 Å². The van der Waals surface area contributed by atoms with E-state index in [9.17, 15) is 19.8 Å². The maximum Gasteiger partial charge on any atom is 0.313 e. The zero-order valence-corrected chi connectivity index (χ0v) is 15.6. The predicted molar refractivity (Wildman–Crippen MR) is 96.7 cm³/mol. The quantitative estimate of drug-likeness (QED) is 0.342. The van der Waals surface area contributed by atoms with Gasteiger partial charge in [0.1, 0.15) is 31.0 Å². The summed E-state index contributed by atoms with van der Waals surface area (Å²) in [7, 11) is 0. The van der Waals surface area contributed by atoms with Crippen molar-refractivity contribution in [2.24, 2.45) is 0 Å². The summed E-state index contributed by atoms with van der Waals surface area (Å²) in [5.41, 5.74) is 0.924. The highest BCUT2D eigenvalue weighted by Crippen LogP contribution is 2.27. The van der Waals surface area contributed by atoms with Crippen molar-refractivity contribution in [3.8, 4) is 0 Å². The second kappa shape index (κ2) is 10.5. The molecule has 3 atom stereocenters. The summed E-state index contributed by atoms with van der Waals surface area (Å²) in [6, 6.07) is 9.40. The Morgan fingerprint density at radius 3 is 2.70 bits per heavy atom. The highest BCUT2D eigenvalue weighted by molar-refractivity contribution is 5.95. The van der Waals surface area contributed by atoms with Crippen molar-refractivity contribution in [1.29, 1.82) is 0 Å². The molecule has 0 unspecified atom stereocenters. The summed E-state index contributed by atoms with van der Waals surface area (Å²) in [5, 5.41) is 20.6. The lowest BCUT2D eigenvalue weighted by Crippen LogP contribution is -2.48. The van der Waals surface area contributed by atoms with Crippen LogP contribution in [-0.2, 0) is 30.4 Å². The highest BCUT2D eigenvalue weighted by Gasteiger charge is 2.50. The molecule has 2 N–H and O–H groups in total. The molecule has 7 heteroatoms. The minimum absolute atomic E-state index is 0.0298. The number of benzene rings is 1. The van der Waals surface area contributed by atoms with Crippen LogP contribution < -0.4 is 0 Å². The maximum absolute atomic E-state index is 11.8. The van der Waals surface area contributed by atoms with Crippen LogP contribution in [0.1, 0.15) is 44.6 Å². The largest absolute Gasteiger partial charge is 0.459 e. The lowest BCUT2D eigenvalue weighted by Gasteiger charge is -2.26. The number of aliphatic hydroxyl groups is 2. The van der Waals surface area contributed by atoms with Crippen LogP contribution in [0.3, 0.4) is 0 Å². The number of ether oxygens (including phenoxy) is 3. The molecule has 27 heavy (non-hydrogen) atoms. The van der Waals surface area contributed by atoms with E-state index in [4.69, 9.17) is 14.2 Å². The number of unbranched alkanes of at least 4 members (excludes halogenated alkanes) is 2. The summed E-state index contributed by atoms with van der Waals surface area (Å²) in [4.78, 5) is 23.4. The van der Waals surface area contributed by atoms with Crippen molar-refractivity contribution in [1.82, 2.24) is 0 Å². The molecule has 150 valence electrons. The van der Waals surface area contributed by atoms with Crippen LogP contribution in [-0.4, -0.2) is 53.2 Å². The van der Waals surface area contributed by atoms with Gasteiger partial charge in [-0.1, -0.05) is 50.1 Å². The Kier molecular flexibility index (Phi) is 8.37. The lowest BCUT2D eigenvalue weighted by atomic mass is 10.1. The van der Waals surface area contributed by atoms with Crippen LogP contribution in [0.5, 0.6) is 0 Å². The van der Waals surface area contributed by atoms with E-state index in [0.717, 1.165) is 24.8 Å². The Labute approximate surface area is 159 Å². The number of Topliss-reactive ketones (excluding diaryl/α,β-unsaturated/α-hetero) is 1. The van der Waals surface area contributed by atoms with Gasteiger partial charge in [0, 0.05) is 6.42 Å². The van der Waals surface area contributed by atoms with E-state index < -0.39 is 30.6 Å². The molecular weight excluding hydrogens is 352 g/mol. The number of hydrogen-bond donors (Lipinski definition) is 2. The van der Waals surface area contributed by atoms with Gasteiger partial charge >= 0.3 is 5.97 Å². The topological polar surface area (TPSA) is 102 Å². The molecule has 0 saturated carbocycles. The first-order valence-corrected chi connectivity index (χ1v) is 9.32. The molecule has 1 aliphatic heterocycles. The van der Waals surface area contributed by atoms with Gasteiger partial charge in [-0.15, -0.1) is 0 Å². The van der Waals surface area contributed by atoms with Crippen LogP contribution in [0.15, 0.2) is 30.3 Å². The number of hydrogen-bond acceptors (Lipinski definition) is 7. The van der Waals surface area contributed by atoms with E-state index in [1.54, 1.807) is 0 Å². The Hall–Kier alpha value is -1.80. The number of rotatable bonds is 11. The molecule has 7 nitrogen and oxygen atoms in total. The standard InChI is InChI=1S/C20H28O7/c1-2-3-5-10-16(21)11-18(22)26-14-20(24)19(23)17(13-27-20)25-12-15-8-6-4-7-9-15/h4,6-9,17,19,23-24H,2-3,5,10-14H2,1H3/t17-,19+,20-/m1/s1. The highest BCUT2D eigenvalue weighted by atomic mass is 16.7. The summed E-state index contributed by atoms with van der Waals surface area (Å²) in [5.74, 6) is -2.98. The van der Waals surface area contributed by atoms with Crippen LogP contribution in [0.25, 0.3) is 0 Å². The molecule has 0 radical (unpaired) electrons. The Balaban J connectivity index is 1.74. The fourth-order valence-electron chi connectivity index (χ4n) is 2.79. The van der Waals surface area contributed by atoms with E-state index in [2.05, 4.69) is 0 Å². The van der Waals surface area contributed by atoms with Gasteiger partial charge in [-0.25, -0.2) is 0 Å². The number of esters is 1. The Morgan fingerprint density at radius 2 is 2.00 bits per heavy atom. The molecule has 0 bridgehead atoms. The summed E-state index contributed by atoms with van der Waals surface area (Å²) in [6.45, 7) is 1.70. The van der Waals surface area contributed by atoms with Gasteiger partial charge in [-0.3, -0.25) is 9.59 Å². The average Bonchev–Trinajstić information content (AvgIpc) is 2.94. The monoisotopic (exact) mass is 380 g/mol. The number of carbonyl (C=O) groups excluding carboxylic acids is 2. The van der Waals surface area contributed by atoms with Gasteiger partial charge in [0.15, 0.2) is 0 Å². The van der Waals surface area contributed by atoms with Gasteiger partial charge in [0.2, 0.25) is 5.79 Å². The first-order chi connectivity index (χ1) is 12.9. The van der Waals surface area contributed by atoms with Crippen LogP contribution in [0.4, 0.5) is 0 Å². The normalized spacial score (nSPS) is 24.7. The average molecular weight is 380 g/mol. The zero-order valence-electron chi connectivity index (χ0n) is 15.6. The molecule has 1 fully saturated rings. The molecule has 1 heterocycles. The molecule has 1 aromatic rings. The first kappa shape index (κ1) is 21.5. The van der Waals surface area contributed by atoms with Crippen molar-refractivity contribution < 1.29 is 34.0 Å². The van der Waals surface area contributed by atoms with Crippen LogP contribution in [0, 0.1) is 0 Å². The van der Waals surface area contributed by atoms with Crippen molar-refractivity contribution in [3.63, 3.8) is 0 Å². The Bertz CT molecular complexity index is 604. The van der Waals surface area contributed by atoms with Gasteiger partial charge in [0.25, 0.3) is 0 Å². The number of aliphatic hydroxyl groups excluding tert-OH is 1. The van der Waals surface area contributed by atoms with Gasteiger partial charge in [-0.2, -0.15) is 0 Å². The van der Waals surface area contributed by atoms with Crippen LogP contribution in [0.2, 0.25) is 0 Å². The van der Waals surface area contributed by atoms with E-state index in [-0.39, 0.29) is 25.4 Å². The van der Waals surface area contributed by atoms with Gasteiger partial charge in [0.05, 0.1) is 13.2 Å². The fraction of sp³-hybridized carbons (Fsp3) is 0.600. The number of ketones is 1. The molecule has 0 spiro atoms. The molecule has 0 amide bonds. The fourth-order valence-corrected chi connectivity index (χ4v) is 2.79. The smallest absolute Gasteiger partial charge is 0.313 e. The number of carbonyl (C=O) groups is 2. The second-order valence-electron chi connectivity index (χ2n) is 6.77. The van der Waals surface area contributed by atoms with E-state index in [1.807, 2.05) is 37.3 Å². The van der Waals surface area contributed by atoms with Crippen LogP contribution >= 0.6 is 0 Å². The second-order valence-corrected chi connectivity index (χ2v) is 6.77. The molecular formula is C20H28O7. The third-order valence-electron chi connectivity index (χ3n) is 4.46. The molecule has 1 aliphatic rings. The van der Waals surface area contributed by atoms with Crippen molar-refractivity contribution in [3.05, 3.63) is 35.9 Å². The van der Waals surface area contributed by atoms with Crippen molar-refractivity contribution in [2.75, 3.05) is 13.2 Å². The minimum Gasteiger partial charge on any atom is -0.459 e. The van der Waals surface area contributed by atoms with Crippen molar-refractivity contribution >= 4 is 11.8 Å². The summed E-state index contributed by atoms with van der Waals surface area (Å²) < 4.78 is 15.7. The molecule has 0 aliphatic carbocycles. The van der Waals surface area contributed by atoms with Gasteiger partial charge < -0.3 is 24.4 Å². The Morgan fingerprint density at radius 1 is 1.26 bits per heavy atom. The summed E-state index contributed by atoms with van der Waals surface area (Å²) in [6.07, 6.45) is 0.553. The summed E-state index contributed by atoms with van der Waals surface area (Å²) >= 11 is 0. The maximum atomic E-state index is 11.8. The molecule has 0 aromatic heterocycles. The van der Waals surface area contributed by atoms with Gasteiger partial charge in [-0.05, 0) is 12.0 Å². The van der Waals surface area contributed by atoms with E-state index in [1.165, 1.54) is 0 Å². The molecule has 2 rings (SSSR count). The predicted octanol–water partition coefficient (Wildman–Crippen LogP) is 1.73. The SMILES string of the molecule is CCCCCC(=O)CC(=O)OC[C@@]1(O)OC[C@@H](OCc2ccccc2)[C@@H]1O. The van der Waals surface area contributed by atoms with E-state index >= 15 is 0 Å². The minimum atomic E-state index is -2.04. The zero-order chi connectivity index (χ0) is 19.7. The molecule has 1 aromatic carbocycles.